The second-order valence-electron chi connectivity index (χ2n) is 6.78. The summed E-state index contributed by atoms with van der Waals surface area (Å²) >= 11 is 20.2. The molecule has 0 bridgehead atoms. The molecular formula is C23H18Cl3N3S. The third-order valence-electron chi connectivity index (χ3n) is 4.73. The summed E-state index contributed by atoms with van der Waals surface area (Å²) in [6, 6.07) is 22.1. The van der Waals surface area contributed by atoms with Gasteiger partial charge < -0.3 is 0 Å². The third-order valence-corrected chi connectivity index (χ3v) is 6.87. The maximum atomic E-state index is 6.37. The van der Waals surface area contributed by atoms with Crippen molar-refractivity contribution in [2.24, 2.45) is 0 Å². The van der Waals surface area contributed by atoms with Gasteiger partial charge in [0.2, 0.25) is 0 Å². The minimum atomic E-state index is 0.192. The third kappa shape index (κ3) is 5.38. The van der Waals surface area contributed by atoms with Crippen LogP contribution in [0.5, 0.6) is 0 Å². The van der Waals surface area contributed by atoms with Crippen molar-refractivity contribution in [1.82, 2.24) is 14.8 Å². The zero-order valence-electron chi connectivity index (χ0n) is 15.9. The Bertz CT molecular complexity index is 1100. The molecule has 0 saturated carbocycles. The largest absolute Gasteiger partial charge is 0.252 e. The molecule has 0 fully saturated rings. The van der Waals surface area contributed by atoms with E-state index in [1.54, 1.807) is 18.7 Å². The van der Waals surface area contributed by atoms with E-state index in [-0.39, 0.29) is 5.25 Å². The zero-order chi connectivity index (χ0) is 20.9. The molecule has 3 nitrogen and oxygen atoms in total. The summed E-state index contributed by atoms with van der Waals surface area (Å²) in [5.41, 5.74) is 4.57. The summed E-state index contributed by atoms with van der Waals surface area (Å²) in [5.74, 6) is 0.772. The molecule has 0 amide bonds. The first kappa shape index (κ1) is 21.3. The van der Waals surface area contributed by atoms with E-state index in [0.29, 0.717) is 10.0 Å². The van der Waals surface area contributed by atoms with Crippen molar-refractivity contribution in [2.75, 3.05) is 0 Å². The summed E-state index contributed by atoms with van der Waals surface area (Å²) < 4.78 is 1.86. The van der Waals surface area contributed by atoms with Crippen LogP contribution in [0.3, 0.4) is 0 Å². The van der Waals surface area contributed by atoms with Crippen LogP contribution in [0.2, 0.25) is 15.1 Å². The zero-order valence-corrected chi connectivity index (χ0v) is 19.0. The van der Waals surface area contributed by atoms with Crippen molar-refractivity contribution < 1.29 is 0 Å². The van der Waals surface area contributed by atoms with Gasteiger partial charge in [-0.15, -0.1) is 11.8 Å². The van der Waals surface area contributed by atoms with Gasteiger partial charge in [-0.05, 0) is 46.5 Å². The quantitative estimate of drug-likeness (QED) is 0.276. The molecule has 1 unspecified atom stereocenters. The van der Waals surface area contributed by atoms with Crippen LogP contribution in [0, 0.1) is 0 Å². The Labute approximate surface area is 195 Å². The van der Waals surface area contributed by atoms with Gasteiger partial charge in [0.15, 0.2) is 0 Å². The molecule has 7 heteroatoms. The van der Waals surface area contributed by atoms with Crippen molar-refractivity contribution >= 4 is 46.6 Å². The number of nitrogens with zero attached hydrogens (tertiary/aromatic N) is 3. The first-order valence-corrected chi connectivity index (χ1v) is 11.5. The Kier molecular flexibility index (Phi) is 7.00. The average molecular weight is 475 g/mol. The molecule has 0 saturated heterocycles. The second kappa shape index (κ2) is 9.88. The minimum absolute atomic E-state index is 0.192. The van der Waals surface area contributed by atoms with E-state index >= 15 is 0 Å². The fraction of sp³-hybridized carbons (Fsp3) is 0.130. The highest BCUT2D eigenvalue weighted by atomic mass is 35.5. The molecule has 0 radical (unpaired) electrons. The summed E-state index contributed by atoms with van der Waals surface area (Å²) in [7, 11) is 0. The molecule has 1 atom stereocenters. The molecule has 4 aromatic rings. The number of halogens is 3. The molecule has 0 N–H and O–H groups in total. The van der Waals surface area contributed by atoms with E-state index in [9.17, 15) is 0 Å². The summed E-state index contributed by atoms with van der Waals surface area (Å²) in [6.45, 7) is 0.718. The Hall–Kier alpha value is -1.98. The van der Waals surface area contributed by atoms with E-state index in [2.05, 4.69) is 34.3 Å². The Morgan fingerprint density at radius 3 is 2.13 bits per heavy atom. The van der Waals surface area contributed by atoms with E-state index in [4.69, 9.17) is 34.8 Å². The monoisotopic (exact) mass is 473 g/mol. The highest BCUT2D eigenvalue weighted by Crippen LogP contribution is 2.36. The normalized spacial score (nSPS) is 12.1. The van der Waals surface area contributed by atoms with Crippen LogP contribution in [0.15, 0.2) is 79.4 Å². The van der Waals surface area contributed by atoms with Crippen molar-refractivity contribution in [1.29, 1.82) is 0 Å². The number of aromatic nitrogens is 3. The number of thioether (sulfide) groups is 1. The van der Waals surface area contributed by atoms with E-state index in [0.717, 1.165) is 34.0 Å². The SMILES string of the molecule is Clc1ccc(-c2ccc(C(Cn3cncn3)SCc3ccc(Cl)cc3Cl)cc2)cc1. The second-order valence-corrected chi connectivity index (χ2v) is 9.25. The predicted molar refractivity (Wildman–Crippen MR) is 127 cm³/mol. The van der Waals surface area contributed by atoms with Crippen LogP contribution < -0.4 is 0 Å². The average Bonchev–Trinajstić information content (AvgIpc) is 3.26. The van der Waals surface area contributed by atoms with Crippen molar-refractivity contribution in [2.45, 2.75) is 17.5 Å². The van der Waals surface area contributed by atoms with E-state index in [1.807, 2.05) is 52.8 Å². The van der Waals surface area contributed by atoms with E-state index in [1.165, 1.54) is 5.56 Å². The molecule has 4 rings (SSSR count). The highest BCUT2D eigenvalue weighted by Gasteiger charge is 2.15. The molecule has 0 spiro atoms. The number of hydrogen-bond donors (Lipinski definition) is 0. The molecule has 0 aliphatic heterocycles. The lowest BCUT2D eigenvalue weighted by molar-refractivity contribution is 0.604. The van der Waals surface area contributed by atoms with Gasteiger partial charge in [0, 0.05) is 26.1 Å². The fourth-order valence-corrected chi connectivity index (χ4v) is 5.03. The minimum Gasteiger partial charge on any atom is -0.252 e. The van der Waals surface area contributed by atoms with E-state index < -0.39 is 0 Å². The summed E-state index contributed by atoms with van der Waals surface area (Å²) in [6.07, 6.45) is 3.30. The number of hydrogen-bond acceptors (Lipinski definition) is 3. The molecule has 0 aliphatic rings. The Morgan fingerprint density at radius 2 is 1.50 bits per heavy atom. The van der Waals surface area contributed by atoms with Crippen molar-refractivity contribution in [3.63, 3.8) is 0 Å². The van der Waals surface area contributed by atoms with Gasteiger partial charge in [-0.3, -0.25) is 4.68 Å². The lowest BCUT2D eigenvalue weighted by atomic mass is 10.0. The maximum absolute atomic E-state index is 6.37. The van der Waals surface area contributed by atoms with Gasteiger partial charge in [-0.2, -0.15) is 5.10 Å². The number of rotatable bonds is 7. The molecule has 0 aliphatic carbocycles. The molecule has 1 aromatic heterocycles. The fourth-order valence-electron chi connectivity index (χ4n) is 3.11. The first-order chi connectivity index (χ1) is 14.6. The van der Waals surface area contributed by atoms with Crippen molar-refractivity contribution in [3.8, 4) is 11.1 Å². The van der Waals surface area contributed by atoms with Crippen LogP contribution in [0.25, 0.3) is 11.1 Å². The Balaban J connectivity index is 1.55. The topological polar surface area (TPSA) is 30.7 Å². The highest BCUT2D eigenvalue weighted by molar-refractivity contribution is 7.98. The standard InChI is InChI=1S/C23H18Cl3N3S/c24-20-8-5-17(6-9-20)16-1-3-18(4-2-16)23(12-29-15-27-14-28-29)30-13-19-7-10-21(25)11-22(19)26/h1-11,14-15,23H,12-13H2. The molecule has 152 valence electrons. The van der Waals surface area contributed by atoms with Crippen LogP contribution in [0.4, 0.5) is 0 Å². The molecule has 1 heterocycles. The molecule has 30 heavy (non-hydrogen) atoms. The van der Waals surface area contributed by atoms with Crippen LogP contribution in [-0.4, -0.2) is 14.8 Å². The van der Waals surface area contributed by atoms with Crippen molar-refractivity contribution in [3.05, 3.63) is 106 Å². The van der Waals surface area contributed by atoms with Gasteiger partial charge in [-0.25, -0.2) is 4.98 Å². The molecular weight excluding hydrogens is 457 g/mol. The Morgan fingerprint density at radius 1 is 0.833 bits per heavy atom. The van der Waals surface area contributed by atoms with Gasteiger partial charge in [0.25, 0.3) is 0 Å². The lowest BCUT2D eigenvalue weighted by Gasteiger charge is -2.18. The summed E-state index contributed by atoms with van der Waals surface area (Å²) in [4.78, 5) is 4.07. The van der Waals surface area contributed by atoms with Crippen LogP contribution in [-0.2, 0) is 12.3 Å². The first-order valence-electron chi connectivity index (χ1n) is 9.32. The van der Waals surface area contributed by atoms with Crippen LogP contribution in [0.1, 0.15) is 16.4 Å². The van der Waals surface area contributed by atoms with Gasteiger partial charge >= 0.3 is 0 Å². The smallest absolute Gasteiger partial charge is 0.137 e. The molecule has 3 aromatic carbocycles. The lowest BCUT2D eigenvalue weighted by Crippen LogP contribution is -2.07. The van der Waals surface area contributed by atoms with Crippen LogP contribution >= 0.6 is 46.6 Å². The maximum Gasteiger partial charge on any atom is 0.137 e. The number of benzene rings is 3. The van der Waals surface area contributed by atoms with Gasteiger partial charge in [0.05, 0.1) is 6.54 Å². The van der Waals surface area contributed by atoms with Gasteiger partial charge in [0.1, 0.15) is 12.7 Å². The van der Waals surface area contributed by atoms with Gasteiger partial charge in [-0.1, -0.05) is 77.3 Å². The summed E-state index contributed by atoms with van der Waals surface area (Å²) in [5, 5.41) is 6.54. The predicted octanol–water partition coefficient (Wildman–Crippen LogP) is 7.58.